The van der Waals surface area contributed by atoms with Gasteiger partial charge in [0.1, 0.15) is 0 Å². The average molecular weight is 443 g/mol. The van der Waals surface area contributed by atoms with Crippen LogP contribution < -0.4 is 11.2 Å². The molecule has 0 bridgehead atoms. The minimum atomic E-state index is -0.203. The highest BCUT2D eigenvalue weighted by molar-refractivity contribution is 7.99. The molecule has 2 aromatic heterocycles. The zero-order valence-corrected chi connectivity index (χ0v) is 17.3. The summed E-state index contributed by atoms with van der Waals surface area (Å²) in [5.41, 5.74) is 2.50. The summed E-state index contributed by atoms with van der Waals surface area (Å²) in [5.74, 6) is 6.44. The number of carbonyl (C=O) groups excluding carboxylic acids is 1. The van der Waals surface area contributed by atoms with Crippen molar-refractivity contribution in [2.75, 3.05) is 16.9 Å². The minimum Gasteiger partial charge on any atom is -0.335 e. The Labute approximate surface area is 179 Å². The highest BCUT2D eigenvalue weighted by Crippen LogP contribution is 2.28. The van der Waals surface area contributed by atoms with Crippen LogP contribution in [0.25, 0.3) is 22.6 Å². The Bertz CT molecular complexity index is 1140. The number of nitrogens with two attached hydrogens (primary N) is 1. The van der Waals surface area contributed by atoms with E-state index in [1.807, 2.05) is 53.9 Å². The first kappa shape index (κ1) is 19.4. The number of nitrogen functional groups attached to an aromatic ring is 1. The highest BCUT2D eigenvalue weighted by atomic mass is 35.5. The lowest BCUT2D eigenvalue weighted by Gasteiger charge is -2.05. The van der Waals surface area contributed by atoms with E-state index in [9.17, 15) is 4.79 Å². The molecule has 2 heterocycles. The number of hydrogen-bond donors (Lipinski definition) is 2. The number of carbonyl (C=O) groups is 1. The summed E-state index contributed by atoms with van der Waals surface area (Å²) >= 11 is 8.75. The number of nitrogens with one attached hydrogen (secondary N) is 1. The summed E-state index contributed by atoms with van der Waals surface area (Å²) in [6.07, 6.45) is 0. The van der Waals surface area contributed by atoms with Gasteiger partial charge in [0.15, 0.2) is 11.0 Å². The largest absolute Gasteiger partial charge is 0.335 e. The molecule has 0 aliphatic carbocycles. The number of amides is 1. The van der Waals surface area contributed by atoms with Crippen molar-refractivity contribution in [3.8, 4) is 22.6 Å². The van der Waals surface area contributed by atoms with E-state index in [-0.39, 0.29) is 11.7 Å². The van der Waals surface area contributed by atoms with E-state index in [2.05, 4.69) is 20.5 Å². The number of halogens is 1. The topological polar surface area (TPSA) is 98.7 Å². The predicted molar refractivity (Wildman–Crippen MR) is 118 cm³/mol. The molecule has 3 N–H and O–H groups in total. The normalized spacial score (nSPS) is 10.8. The molecule has 10 heteroatoms. The first-order valence-corrected chi connectivity index (χ1v) is 10.7. The van der Waals surface area contributed by atoms with Crippen molar-refractivity contribution < 1.29 is 4.79 Å². The van der Waals surface area contributed by atoms with Crippen LogP contribution in [-0.4, -0.2) is 31.5 Å². The van der Waals surface area contributed by atoms with Gasteiger partial charge in [-0.25, -0.2) is 9.66 Å². The molecule has 0 radical (unpaired) electrons. The van der Waals surface area contributed by atoms with Crippen LogP contribution in [0, 0.1) is 0 Å². The van der Waals surface area contributed by atoms with Gasteiger partial charge in [0.2, 0.25) is 11.1 Å². The predicted octanol–water partition coefficient (Wildman–Crippen LogP) is 4.17. The number of nitrogens with zero attached hydrogens (tertiary/aromatic N) is 4. The smallest absolute Gasteiger partial charge is 0.236 e. The van der Waals surface area contributed by atoms with Crippen LogP contribution in [0.4, 0.5) is 5.13 Å². The number of benzene rings is 2. The summed E-state index contributed by atoms with van der Waals surface area (Å²) in [5, 5.41) is 14.3. The summed E-state index contributed by atoms with van der Waals surface area (Å²) < 4.78 is 1.33. The lowest BCUT2D eigenvalue weighted by molar-refractivity contribution is -0.113. The number of thioether (sulfide) groups is 1. The molecule has 1 amide bonds. The van der Waals surface area contributed by atoms with Crippen LogP contribution in [0.3, 0.4) is 0 Å². The summed E-state index contributed by atoms with van der Waals surface area (Å²) in [4.78, 5) is 16.7. The maximum atomic E-state index is 12.3. The van der Waals surface area contributed by atoms with Crippen LogP contribution in [0.1, 0.15) is 0 Å². The van der Waals surface area contributed by atoms with Crippen molar-refractivity contribution in [1.29, 1.82) is 0 Å². The number of anilines is 1. The fraction of sp³-hybridized carbons (Fsp3) is 0.0526. The summed E-state index contributed by atoms with van der Waals surface area (Å²) in [6.45, 7) is 0. The Kier molecular flexibility index (Phi) is 5.79. The van der Waals surface area contributed by atoms with Gasteiger partial charge in [0.25, 0.3) is 0 Å². The fourth-order valence-corrected chi connectivity index (χ4v) is 4.17. The Hall–Kier alpha value is -2.88. The van der Waals surface area contributed by atoms with Crippen molar-refractivity contribution >= 4 is 45.7 Å². The number of rotatable bonds is 6. The molecular formula is C19H15ClN6OS2. The molecule has 0 spiro atoms. The molecule has 0 aliphatic heterocycles. The van der Waals surface area contributed by atoms with Crippen molar-refractivity contribution in [2.24, 2.45) is 0 Å². The third kappa shape index (κ3) is 4.42. The third-order valence-electron chi connectivity index (χ3n) is 3.93. The van der Waals surface area contributed by atoms with Crippen LogP contribution >= 0.6 is 34.7 Å². The zero-order valence-electron chi connectivity index (χ0n) is 14.9. The zero-order chi connectivity index (χ0) is 20.2. The van der Waals surface area contributed by atoms with E-state index in [4.69, 9.17) is 17.4 Å². The van der Waals surface area contributed by atoms with Crippen LogP contribution in [-0.2, 0) is 4.79 Å². The van der Waals surface area contributed by atoms with E-state index in [0.717, 1.165) is 11.3 Å². The molecule has 0 aliphatic rings. The van der Waals surface area contributed by atoms with Gasteiger partial charge in [-0.15, -0.1) is 21.5 Å². The van der Waals surface area contributed by atoms with Crippen molar-refractivity contribution in [3.05, 3.63) is 65.0 Å². The molecule has 0 saturated heterocycles. The molecule has 146 valence electrons. The molecule has 7 nitrogen and oxygen atoms in total. The maximum absolute atomic E-state index is 12.3. The van der Waals surface area contributed by atoms with Crippen LogP contribution in [0.2, 0.25) is 5.02 Å². The number of hydrogen-bond acceptors (Lipinski definition) is 7. The highest BCUT2D eigenvalue weighted by Gasteiger charge is 2.16. The van der Waals surface area contributed by atoms with Crippen molar-refractivity contribution in [3.63, 3.8) is 0 Å². The van der Waals surface area contributed by atoms with Gasteiger partial charge < -0.3 is 11.2 Å². The van der Waals surface area contributed by atoms with Gasteiger partial charge in [-0.05, 0) is 12.1 Å². The fourth-order valence-electron chi connectivity index (χ4n) is 2.56. The van der Waals surface area contributed by atoms with E-state index in [1.54, 1.807) is 6.07 Å². The van der Waals surface area contributed by atoms with E-state index in [0.29, 0.717) is 26.7 Å². The maximum Gasteiger partial charge on any atom is 0.236 e. The minimum absolute atomic E-state index is 0.123. The Morgan fingerprint density at radius 1 is 1.14 bits per heavy atom. The Morgan fingerprint density at radius 3 is 2.69 bits per heavy atom. The quantitative estimate of drug-likeness (QED) is 0.343. The molecule has 0 fully saturated rings. The lowest BCUT2D eigenvalue weighted by atomic mass is 10.2. The van der Waals surface area contributed by atoms with Gasteiger partial charge in [-0.1, -0.05) is 65.8 Å². The summed E-state index contributed by atoms with van der Waals surface area (Å²) in [6, 6.07) is 17.0. The van der Waals surface area contributed by atoms with Gasteiger partial charge in [0.05, 0.1) is 16.5 Å². The van der Waals surface area contributed by atoms with Crippen LogP contribution in [0.5, 0.6) is 0 Å². The van der Waals surface area contributed by atoms with E-state index in [1.165, 1.54) is 27.8 Å². The second-order valence-corrected chi connectivity index (χ2v) is 8.10. The lowest BCUT2D eigenvalue weighted by Crippen LogP contribution is -2.16. The molecule has 0 unspecified atom stereocenters. The average Bonchev–Trinajstić information content (AvgIpc) is 3.34. The first-order valence-electron chi connectivity index (χ1n) is 8.51. The van der Waals surface area contributed by atoms with E-state index >= 15 is 0 Å². The first-order chi connectivity index (χ1) is 14.1. The van der Waals surface area contributed by atoms with Crippen molar-refractivity contribution in [1.82, 2.24) is 19.9 Å². The monoisotopic (exact) mass is 442 g/mol. The number of thiazole rings is 1. The molecule has 4 aromatic rings. The summed E-state index contributed by atoms with van der Waals surface area (Å²) in [7, 11) is 0. The van der Waals surface area contributed by atoms with Gasteiger partial charge in [-0.2, -0.15) is 0 Å². The van der Waals surface area contributed by atoms with Crippen molar-refractivity contribution in [2.45, 2.75) is 5.16 Å². The van der Waals surface area contributed by atoms with E-state index < -0.39 is 0 Å². The molecule has 2 aromatic carbocycles. The molecular weight excluding hydrogens is 428 g/mol. The Balaban J connectivity index is 1.38. The Morgan fingerprint density at radius 2 is 1.90 bits per heavy atom. The van der Waals surface area contributed by atoms with Gasteiger partial charge in [-0.3, -0.25) is 4.79 Å². The number of aromatic nitrogens is 4. The SMILES string of the molecule is Nn1c(SCC(=O)Nc2nc(-c3ccccc3)cs2)nnc1-c1ccccc1Cl. The molecule has 4 rings (SSSR count). The van der Waals surface area contributed by atoms with Gasteiger partial charge >= 0.3 is 0 Å². The molecule has 29 heavy (non-hydrogen) atoms. The third-order valence-corrected chi connectivity index (χ3v) is 5.96. The second kappa shape index (κ2) is 8.64. The second-order valence-electron chi connectivity index (χ2n) is 5.90. The van der Waals surface area contributed by atoms with Crippen LogP contribution in [0.15, 0.2) is 65.1 Å². The van der Waals surface area contributed by atoms with Gasteiger partial charge in [0, 0.05) is 16.5 Å². The molecule has 0 atom stereocenters. The molecule has 0 saturated carbocycles. The standard InChI is InChI=1S/C19H15ClN6OS2/c20-14-9-5-4-8-13(14)17-24-25-19(26(17)21)29-11-16(27)23-18-22-15(10-28-18)12-6-2-1-3-7-12/h1-10H,11,21H2,(H,22,23,27).